The number of aromatic nitrogens is 1. The van der Waals surface area contributed by atoms with E-state index in [2.05, 4.69) is 4.98 Å². The van der Waals surface area contributed by atoms with E-state index < -0.39 is 17.6 Å². The first-order valence-electron chi connectivity index (χ1n) is 4.98. The number of fused-ring (bicyclic) bond motifs is 1. The molecule has 0 amide bonds. The Kier molecular flexibility index (Phi) is 2.71. The maximum atomic E-state index is 13.6. The van der Waals surface area contributed by atoms with Crippen LogP contribution in [0.2, 0.25) is 0 Å². The largest absolute Gasteiger partial charge is 0.462 e. The molecule has 0 radical (unpaired) electrons. The van der Waals surface area contributed by atoms with Crippen molar-refractivity contribution in [3.05, 3.63) is 29.3 Å². The van der Waals surface area contributed by atoms with Crippen LogP contribution < -0.4 is 5.73 Å². The lowest BCUT2D eigenvalue weighted by Crippen LogP contribution is -2.07. The van der Waals surface area contributed by atoms with Crippen LogP contribution in [0.15, 0.2) is 12.1 Å². The Morgan fingerprint density at radius 2 is 2.18 bits per heavy atom. The summed E-state index contributed by atoms with van der Waals surface area (Å²) in [6.07, 6.45) is 0. The Balaban J connectivity index is 2.73. The van der Waals surface area contributed by atoms with Gasteiger partial charge in [0.15, 0.2) is 11.6 Å². The van der Waals surface area contributed by atoms with E-state index in [1.165, 1.54) is 6.07 Å². The summed E-state index contributed by atoms with van der Waals surface area (Å²) in [6.45, 7) is 1.74. The molecule has 0 atom stereocenters. The number of esters is 1. The standard InChI is InChI=1S/C11H10F2N2O2/c1-2-17-11(16)8-7-6(15-10(8)14)4-3-5(12)9(7)13/h3-4,15H,2,14H2,1H3. The van der Waals surface area contributed by atoms with Gasteiger partial charge in [0.2, 0.25) is 0 Å². The Hall–Kier alpha value is -2.11. The minimum Gasteiger partial charge on any atom is -0.462 e. The Morgan fingerprint density at radius 3 is 2.82 bits per heavy atom. The van der Waals surface area contributed by atoms with Crippen molar-refractivity contribution < 1.29 is 18.3 Å². The van der Waals surface area contributed by atoms with Crippen LogP contribution in [0.25, 0.3) is 10.9 Å². The molecule has 0 aliphatic carbocycles. The maximum Gasteiger partial charge on any atom is 0.342 e. The molecular weight excluding hydrogens is 230 g/mol. The molecule has 4 nitrogen and oxygen atoms in total. The smallest absolute Gasteiger partial charge is 0.342 e. The average Bonchev–Trinajstić information content (AvgIpc) is 2.61. The third-order valence-electron chi connectivity index (χ3n) is 2.36. The lowest BCUT2D eigenvalue weighted by atomic mass is 10.1. The van der Waals surface area contributed by atoms with Gasteiger partial charge in [0.1, 0.15) is 11.4 Å². The van der Waals surface area contributed by atoms with E-state index in [4.69, 9.17) is 10.5 Å². The van der Waals surface area contributed by atoms with E-state index in [1.54, 1.807) is 6.92 Å². The molecule has 0 fully saturated rings. The lowest BCUT2D eigenvalue weighted by Gasteiger charge is -2.02. The highest BCUT2D eigenvalue weighted by Crippen LogP contribution is 2.28. The Labute approximate surface area is 95.4 Å². The van der Waals surface area contributed by atoms with Gasteiger partial charge in [0, 0.05) is 0 Å². The second-order valence-corrected chi connectivity index (χ2v) is 3.42. The predicted octanol–water partition coefficient (Wildman–Crippen LogP) is 2.21. The highest BCUT2D eigenvalue weighted by Gasteiger charge is 2.22. The van der Waals surface area contributed by atoms with Crippen LogP contribution in [0.4, 0.5) is 14.6 Å². The monoisotopic (exact) mass is 240 g/mol. The highest BCUT2D eigenvalue weighted by atomic mass is 19.2. The number of H-pyrrole nitrogens is 1. The van der Waals surface area contributed by atoms with Crippen LogP contribution in [-0.4, -0.2) is 17.6 Å². The molecular formula is C11H10F2N2O2. The minimum atomic E-state index is -1.11. The minimum absolute atomic E-state index is 0.0389. The summed E-state index contributed by atoms with van der Waals surface area (Å²) in [7, 11) is 0. The van der Waals surface area contributed by atoms with Gasteiger partial charge in [0.25, 0.3) is 0 Å². The molecule has 1 heterocycles. The van der Waals surface area contributed by atoms with E-state index in [1.807, 2.05) is 0 Å². The van der Waals surface area contributed by atoms with Crippen LogP contribution in [0, 0.1) is 11.6 Å². The summed E-state index contributed by atoms with van der Waals surface area (Å²) in [5.41, 5.74) is 5.64. The molecule has 1 aromatic heterocycles. The zero-order valence-electron chi connectivity index (χ0n) is 9.01. The predicted molar refractivity (Wildman–Crippen MR) is 58.6 cm³/mol. The number of benzene rings is 1. The number of ether oxygens (including phenoxy) is 1. The number of halogens is 2. The van der Waals surface area contributed by atoms with Gasteiger partial charge in [-0.25, -0.2) is 13.6 Å². The van der Waals surface area contributed by atoms with Crippen LogP contribution in [-0.2, 0) is 4.74 Å². The molecule has 1 aromatic carbocycles. The van der Waals surface area contributed by atoms with Crippen molar-refractivity contribution in [3.8, 4) is 0 Å². The fourth-order valence-corrected chi connectivity index (χ4v) is 1.66. The number of carbonyl (C=O) groups is 1. The van der Waals surface area contributed by atoms with E-state index >= 15 is 0 Å². The molecule has 6 heteroatoms. The fraction of sp³-hybridized carbons (Fsp3) is 0.182. The summed E-state index contributed by atoms with van der Waals surface area (Å²) in [5.74, 6) is -2.97. The van der Waals surface area contributed by atoms with Crippen molar-refractivity contribution in [2.45, 2.75) is 6.92 Å². The number of nitrogens with two attached hydrogens (primary N) is 1. The van der Waals surface area contributed by atoms with Gasteiger partial charge in [-0.1, -0.05) is 0 Å². The topological polar surface area (TPSA) is 68.1 Å². The van der Waals surface area contributed by atoms with Crippen molar-refractivity contribution in [1.29, 1.82) is 0 Å². The van der Waals surface area contributed by atoms with Gasteiger partial charge in [0.05, 0.1) is 17.5 Å². The lowest BCUT2D eigenvalue weighted by molar-refractivity contribution is 0.0529. The van der Waals surface area contributed by atoms with Crippen molar-refractivity contribution in [1.82, 2.24) is 4.98 Å². The number of hydrogen-bond acceptors (Lipinski definition) is 3. The van der Waals surface area contributed by atoms with Crippen molar-refractivity contribution >= 4 is 22.7 Å². The normalized spacial score (nSPS) is 10.8. The highest BCUT2D eigenvalue weighted by molar-refractivity contribution is 6.09. The summed E-state index contributed by atoms with van der Waals surface area (Å²) >= 11 is 0. The fourth-order valence-electron chi connectivity index (χ4n) is 1.66. The molecule has 0 aliphatic heterocycles. The van der Waals surface area contributed by atoms with Crippen molar-refractivity contribution in [2.24, 2.45) is 0 Å². The molecule has 90 valence electrons. The maximum absolute atomic E-state index is 13.6. The van der Waals surface area contributed by atoms with E-state index in [0.717, 1.165) is 6.07 Å². The number of nitrogen functional groups attached to an aromatic ring is 1. The molecule has 17 heavy (non-hydrogen) atoms. The summed E-state index contributed by atoms with van der Waals surface area (Å²) < 4.78 is 31.5. The number of hydrogen-bond donors (Lipinski definition) is 2. The molecule has 0 spiro atoms. The van der Waals surface area contributed by atoms with E-state index in [9.17, 15) is 13.6 Å². The number of aromatic amines is 1. The molecule has 0 saturated heterocycles. The summed E-state index contributed by atoms with van der Waals surface area (Å²) in [6, 6.07) is 2.27. The van der Waals surface area contributed by atoms with Gasteiger partial charge < -0.3 is 15.5 Å². The van der Waals surface area contributed by atoms with E-state index in [0.29, 0.717) is 0 Å². The van der Waals surface area contributed by atoms with Gasteiger partial charge in [-0.3, -0.25) is 0 Å². The van der Waals surface area contributed by atoms with Crippen molar-refractivity contribution in [2.75, 3.05) is 12.3 Å². The second-order valence-electron chi connectivity index (χ2n) is 3.42. The molecule has 0 saturated carbocycles. The number of anilines is 1. The Bertz CT molecular complexity index is 593. The first kappa shape index (κ1) is 11.4. The number of carbonyl (C=O) groups excluding carboxylic acids is 1. The molecule has 3 N–H and O–H groups in total. The second kappa shape index (κ2) is 4.04. The number of nitrogens with one attached hydrogen (secondary N) is 1. The summed E-state index contributed by atoms with van der Waals surface area (Å²) in [5, 5.41) is -0.180. The van der Waals surface area contributed by atoms with Gasteiger partial charge in [-0.05, 0) is 19.1 Å². The third kappa shape index (κ3) is 1.71. The summed E-state index contributed by atoms with van der Waals surface area (Å²) in [4.78, 5) is 14.2. The SMILES string of the molecule is CCOC(=O)c1c(N)[nH]c2ccc(F)c(F)c12. The zero-order valence-corrected chi connectivity index (χ0v) is 9.01. The van der Waals surface area contributed by atoms with Crippen LogP contribution in [0.1, 0.15) is 17.3 Å². The van der Waals surface area contributed by atoms with Crippen molar-refractivity contribution in [3.63, 3.8) is 0 Å². The third-order valence-corrected chi connectivity index (χ3v) is 2.36. The molecule has 0 unspecified atom stereocenters. The molecule has 2 aromatic rings. The Morgan fingerprint density at radius 1 is 1.47 bits per heavy atom. The molecule has 2 rings (SSSR count). The van der Waals surface area contributed by atoms with Crippen LogP contribution in [0.5, 0.6) is 0 Å². The van der Waals surface area contributed by atoms with Crippen LogP contribution in [0.3, 0.4) is 0 Å². The molecule has 0 bridgehead atoms. The molecule has 0 aliphatic rings. The van der Waals surface area contributed by atoms with E-state index in [-0.39, 0.29) is 28.9 Å². The number of rotatable bonds is 2. The first-order chi connectivity index (χ1) is 8.06. The van der Waals surface area contributed by atoms with Crippen LogP contribution >= 0.6 is 0 Å². The van der Waals surface area contributed by atoms with Gasteiger partial charge in [-0.15, -0.1) is 0 Å². The van der Waals surface area contributed by atoms with Gasteiger partial charge >= 0.3 is 5.97 Å². The average molecular weight is 240 g/mol. The first-order valence-corrected chi connectivity index (χ1v) is 4.98. The van der Waals surface area contributed by atoms with Gasteiger partial charge in [-0.2, -0.15) is 0 Å². The quantitative estimate of drug-likeness (QED) is 0.791. The zero-order chi connectivity index (χ0) is 12.6.